The highest BCUT2D eigenvalue weighted by atomic mass is 16.2. The summed E-state index contributed by atoms with van der Waals surface area (Å²) in [5, 5.41) is 9.06. The molecule has 0 bridgehead atoms. The third kappa shape index (κ3) is 2.54. The maximum atomic E-state index is 12.2. The molecule has 3 rings (SSSR count). The third-order valence-corrected chi connectivity index (χ3v) is 4.12. The number of amides is 2. The first-order chi connectivity index (χ1) is 9.63. The normalized spacial score (nSPS) is 24.9. The molecule has 2 heterocycles. The van der Waals surface area contributed by atoms with Crippen molar-refractivity contribution in [2.45, 2.75) is 19.8 Å². The van der Waals surface area contributed by atoms with Gasteiger partial charge in [0.2, 0.25) is 11.8 Å². The van der Waals surface area contributed by atoms with E-state index in [0.717, 1.165) is 36.4 Å². The molecule has 2 atom stereocenters. The van der Waals surface area contributed by atoms with Crippen molar-refractivity contribution < 1.29 is 9.59 Å². The number of aryl methyl sites for hydroxylation is 1. The minimum Gasteiger partial charge on any atom is -0.326 e. The van der Waals surface area contributed by atoms with Crippen LogP contribution in [0.1, 0.15) is 18.9 Å². The van der Waals surface area contributed by atoms with Gasteiger partial charge in [0, 0.05) is 24.3 Å². The number of rotatable bonds is 2. The molecule has 1 saturated heterocycles. The van der Waals surface area contributed by atoms with Gasteiger partial charge < -0.3 is 16.0 Å². The molecule has 2 aliphatic rings. The van der Waals surface area contributed by atoms with E-state index in [4.69, 9.17) is 0 Å². The fourth-order valence-electron chi connectivity index (χ4n) is 2.86. The SMILES string of the molecule is CC1CNCC1C(=O)Nc1ccc2c(c1)CCC(=O)N2. The molecule has 1 aromatic rings. The predicted molar refractivity (Wildman–Crippen MR) is 77.5 cm³/mol. The minimum atomic E-state index is 0.0331. The van der Waals surface area contributed by atoms with E-state index in [1.165, 1.54) is 0 Å². The maximum absolute atomic E-state index is 12.2. The van der Waals surface area contributed by atoms with Gasteiger partial charge in [-0.1, -0.05) is 6.92 Å². The second kappa shape index (κ2) is 5.25. The van der Waals surface area contributed by atoms with Crippen LogP contribution in [-0.2, 0) is 16.0 Å². The number of carbonyl (C=O) groups excluding carboxylic acids is 2. The maximum Gasteiger partial charge on any atom is 0.229 e. The van der Waals surface area contributed by atoms with E-state index < -0.39 is 0 Å². The highest BCUT2D eigenvalue weighted by Gasteiger charge is 2.29. The lowest BCUT2D eigenvalue weighted by molar-refractivity contribution is -0.120. The molecule has 3 N–H and O–H groups in total. The van der Waals surface area contributed by atoms with Crippen LogP contribution in [0.2, 0.25) is 0 Å². The highest BCUT2D eigenvalue weighted by molar-refractivity contribution is 5.96. The molecule has 5 heteroatoms. The van der Waals surface area contributed by atoms with Crippen LogP contribution >= 0.6 is 0 Å². The number of nitrogens with one attached hydrogen (secondary N) is 3. The Bertz CT molecular complexity index is 556. The average Bonchev–Trinajstić information content (AvgIpc) is 2.85. The molecule has 2 aliphatic heterocycles. The van der Waals surface area contributed by atoms with Gasteiger partial charge in [-0.05, 0) is 42.6 Å². The molecule has 0 spiro atoms. The number of benzene rings is 1. The molecule has 20 heavy (non-hydrogen) atoms. The summed E-state index contributed by atoms with van der Waals surface area (Å²) in [4.78, 5) is 23.5. The monoisotopic (exact) mass is 273 g/mol. The summed E-state index contributed by atoms with van der Waals surface area (Å²) in [6.07, 6.45) is 1.24. The van der Waals surface area contributed by atoms with Crippen molar-refractivity contribution >= 4 is 23.2 Å². The Morgan fingerprint density at radius 3 is 2.90 bits per heavy atom. The molecule has 0 saturated carbocycles. The second-order valence-corrected chi connectivity index (χ2v) is 5.65. The van der Waals surface area contributed by atoms with Crippen molar-refractivity contribution in [3.05, 3.63) is 23.8 Å². The van der Waals surface area contributed by atoms with E-state index in [1.807, 2.05) is 18.2 Å². The highest BCUT2D eigenvalue weighted by Crippen LogP contribution is 2.26. The lowest BCUT2D eigenvalue weighted by Crippen LogP contribution is -2.28. The van der Waals surface area contributed by atoms with Crippen LogP contribution in [0.25, 0.3) is 0 Å². The van der Waals surface area contributed by atoms with Gasteiger partial charge in [-0.25, -0.2) is 0 Å². The van der Waals surface area contributed by atoms with Gasteiger partial charge in [-0.3, -0.25) is 9.59 Å². The molecule has 2 amide bonds. The van der Waals surface area contributed by atoms with E-state index in [-0.39, 0.29) is 17.7 Å². The van der Waals surface area contributed by atoms with Gasteiger partial charge in [-0.15, -0.1) is 0 Å². The largest absolute Gasteiger partial charge is 0.326 e. The van der Waals surface area contributed by atoms with E-state index in [0.29, 0.717) is 12.3 Å². The van der Waals surface area contributed by atoms with E-state index in [9.17, 15) is 9.59 Å². The number of carbonyl (C=O) groups is 2. The summed E-state index contributed by atoms with van der Waals surface area (Å²) >= 11 is 0. The fraction of sp³-hybridized carbons (Fsp3) is 0.467. The molecular weight excluding hydrogens is 254 g/mol. The van der Waals surface area contributed by atoms with E-state index >= 15 is 0 Å². The van der Waals surface area contributed by atoms with Crippen molar-refractivity contribution in [3.8, 4) is 0 Å². The van der Waals surface area contributed by atoms with Crippen molar-refractivity contribution in [2.24, 2.45) is 11.8 Å². The zero-order chi connectivity index (χ0) is 14.1. The topological polar surface area (TPSA) is 70.2 Å². The Kier molecular flexibility index (Phi) is 3.44. The summed E-state index contributed by atoms with van der Waals surface area (Å²) in [5.41, 5.74) is 2.75. The summed E-state index contributed by atoms with van der Waals surface area (Å²) in [5.74, 6) is 0.528. The van der Waals surface area contributed by atoms with Crippen molar-refractivity contribution in [1.82, 2.24) is 5.32 Å². The standard InChI is InChI=1S/C15H19N3O2/c1-9-7-16-8-12(9)15(20)17-11-3-4-13-10(6-11)2-5-14(19)18-13/h3-4,6,9,12,16H,2,5,7-8H2,1H3,(H,17,20)(H,18,19). The van der Waals surface area contributed by atoms with Crippen LogP contribution in [-0.4, -0.2) is 24.9 Å². The van der Waals surface area contributed by atoms with Gasteiger partial charge in [0.05, 0.1) is 5.92 Å². The zero-order valence-corrected chi connectivity index (χ0v) is 11.5. The summed E-state index contributed by atoms with van der Waals surface area (Å²) in [6.45, 7) is 3.73. The molecule has 106 valence electrons. The molecule has 1 aromatic carbocycles. The number of hydrogen-bond acceptors (Lipinski definition) is 3. The Labute approximate surface area is 118 Å². The van der Waals surface area contributed by atoms with Crippen molar-refractivity contribution in [1.29, 1.82) is 0 Å². The molecule has 0 radical (unpaired) electrons. The van der Waals surface area contributed by atoms with E-state index in [2.05, 4.69) is 22.9 Å². The van der Waals surface area contributed by atoms with Crippen molar-refractivity contribution in [3.63, 3.8) is 0 Å². The predicted octanol–water partition coefficient (Wildman–Crippen LogP) is 1.37. The summed E-state index contributed by atoms with van der Waals surface area (Å²) < 4.78 is 0. The van der Waals surface area contributed by atoms with Crippen LogP contribution in [0.4, 0.5) is 11.4 Å². The first-order valence-electron chi connectivity index (χ1n) is 7.08. The van der Waals surface area contributed by atoms with Crippen LogP contribution in [0.5, 0.6) is 0 Å². The zero-order valence-electron chi connectivity index (χ0n) is 11.5. The van der Waals surface area contributed by atoms with Crippen LogP contribution < -0.4 is 16.0 Å². The Balaban J connectivity index is 1.72. The minimum absolute atomic E-state index is 0.0331. The van der Waals surface area contributed by atoms with Gasteiger partial charge >= 0.3 is 0 Å². The molecule has 0 aliphatic carbocycles. The molecule has 5 nitrogen and oxygen atoms in total. The quantitative estimate of drug-likeness (QED) is 0.762. The Hall–Kier alpha value is -1.88. The first kappa shape index (κ1) is 13.1. The fourth-order valence-corrected chi connectivity index (χ4v) is 2.86. The lowest BCUT2D eigenvalue weighted by atomic mass is 9.97. The molecule has 0 aromatic heterocycles. The lowest BCUT2D eigenvalue weighted by Gasteiger charge is -2.19. The van der Waals surface area contributed by atoms with Crippen LogP contribution in [0.3, 0.4) is 0 Å². The Morgan fingerprint density at radius 2 is 2.15 bits per heavy atom. The van der Waals surface area contributed by atoms with Crippen molar-refractivity contribution in [2.75, 3.05) is 23.7 Å². The number of fused-ring (bicyclic) bond motifs is 1. The molecule has 2 unspecified atom stereocenters. The van der Waals surface area contributed by atoms with Crippen LogP contribution in [0, 0.1) is 11.8 Å². The van der Waals surface area contributed by atoms with Crippen LogP contribution in [0.15, 0.2) is 18.2 Å². The van der Waals surface area contributed by atoms with E-state index in [1.54, 1.807) is 0 Å². The molecular formula is C15H19N3O2. The third-order valence-electron chi connectivity index (χ3n) is 4.12. The summed E-state index contributed by atoms with van der Waals surface area (Å²) in [7, 11) is 0. The van der Waals surface area contributed by atoms with Gasteiger partial charge in [0.25, 0.3) is 0 Å². The summed E-state index contributed by atoms with van der Waals surface area (Å²) in [6, 6.07) is 5.66. The smallest absolute Gasteiger partial charge is 0.229 e. The average molecular weight is 273 g/mol. The molecule has 1 fully saturated rings. The van der Waals surface area contributed by atoms with Gasteiger partial charge in [0.1, 0.15) is 0 Å². The second-order valence-electron chi connectivity index (χ2n) is 5.65. The number of anilines is 2. The van der Waals surface area contributed by atoms with Gasteiger partial charge in [-0.2, -0.15) is 0 Å². The van der Waals surface area contributed by atoms with Gasteiger partial charge in [0.15, 0.2) is 0 Å². The first-order valence-corrected chi connectivity index (χ1v) is 7.08. The number of hydrogen-bond donors (Lipinski definition) is 3. The Morgan fingerprint density at radius 1 is 1.30 bits per heavy atom.